The summed E-state index contributed by atoms with van der Waals surface area (Å²) in [5.74, 6) is -1.22. The highest BCUT2D eigenvalue weighted by Gasteiger charge is 2.27. The van der Waals surface area contributed by atoms with Crippen LogP contribution in [0.15, 0.2) is 30.6 Å². The Kier molecular flexibility index (Phi) is 6.04. The largest absolute Gasteiger partial charge is 0.452 e. The van der Waals surface area contributed by atoms with Crippen molar-refractivity contribution in [3.63, 3.8) is 0 Å². The van der Waals surface area contributed by atoms with Crippen molar-refractivity contribution in [3.05, 3.63) is 57.9 Å². The molecule has 0 fully saturated rings. The Labute approximate surface area is 188 Å². The molecule has 3 N–H and O–H groups in total. The predicted molar refractivity (Wildman–Crippen MR) is 119 cm³/mol. The fourth-order valence-corrected chi connectivity index (χ4v) is 5.17. The van der Waals surface area contributed by atoms with Crippen LogP contribution in [0.5, 0.6) is 0 Å². The average molecular weight is 454 g/mol. The molecule has 0 saturated heterocycles. The van der Waals surface area contributed by atoms with E-state index >= 15 is 0 Å². The Morgan fingerprint density at radius 3 is 2.78 bits per heavy atom. The third kappa shape index (κ3) is 4.13. The molecule has 0 unspecified atom stereocenters. The molecule has 0 atom stereocenters. The second kappa shape index (κ2) is 8.91. The Morgan fingerprint density at radius 1 is 1.28 bits per heavy atom. The number of pyridine rings is 1. The van der Waals surface area contributed by atoms with Gasteiger partial charge >= 0.3 is 5.97 Å². The number of nitrogens with zero attached hydrogens (tertiary/aromatic N) is 3. The van der Waals surface area contributed by atoms with Gasteiger partial charge in [0.05, 0.1) is 17.5 Å². The number of hydrogen-bond acceptors (Lipinski definition) is 7. The van der Waals surface area contributed by atoms with Gasteiger partial charge in [-0.3, -0.25) is 9.59 Å². The van der Waals surface area contributed by atoms with Crippen LogP contribution in [0.3, 0.4) is 0 Å². The molecule has 0 aliphatic heterocycles. The zero-order valence-corrected chi connectivity index (χ0v) is 18.6. The van der Waals surface area contributed by atoms with E-state index in [1.165, 1.54) is 17.5 Å². The molecule has 0 radical (unpaired) electrons. The number of fused-ring (bicyclic) bond motifs is 1. The van der Waals surface area contributed by atoms with Gasteiger partial charge in [0.25, 0.3) is 11.8 Å². The SMILES string of the molecule is CC(C)c1c(C(=O)OCC(=O)Nc2sc3c(c2C(N)=O)CCC3)cnn1-c1ccccn1. The lowest BCUT2D eigenvalue weighted by atomic mass is 10.1. The van der Waals surface area contributed by atoms with Crippen LogP contribution in [0.25, 0.3) is 5.82 Å². The predicted octanol–water partition coefficient (Wildman–Crippen LogP) is 2.84. The molecule has 4 rings (SSSR count). The van der Waals surface area contributed by atoms with Gasteiger partial charge < -0.3 is 15.8 Å². The van der Waals surface area contributed by atoms with Gasteiger partial charge in [0, 0.05) is 11.1 Å². The molecule has 3 aromatic rings. The number of hydrogen-bond donors (Lipinski definition) is 2. The van der Waals surface area contributed by atoms with Crippen molar-refractivity contribution in [1.82, 2.24) is 14.8 Å². The van der Waals surface area contributed by atoms with Crippen LogP contribution >= 0.6 is 11.3 Å². The number of primary amides is 1. The molecule has 0 spiro atoms. The first-order chi connectivity index (χ1) is 15.4. The maximum Gasteiger partial charge on any atom is 0.342 e. The number of rotatable bonds is 7. The average Bonchev–Trinajstić information content (AvgIpc) is 3.46. The van der Waals surface area contributed by atoms with E-state index in [4.69, 9.17) is 10.5 Å². The summed E-state index contributed by atoms with van der Waals surface area (Å²) in [7, 11) is 0. The first-order valence-corrected chi connectivity index (χ1v) is 11.1. The lowest BCUT2D eigenvalue weighted by Crippen LogP contribution is -2.23. The van der Waals surface area contributed by atoms with Crippen LogP contribution in [0.4, 0.5) is 5.00 Å². The molecule has 32 heavy (non-hydrogen) atoms. The number of aryl methyl sites for hydroxylation is 1. The van der Waals surface area contributed by atoms with Crippen molar-refractivity contribution in [3.8, 4) is 5.82 Å². The molecule has 0 aromatic carbocycles. The number of anilines is 1. The number of nitrogens with two attached hydrogens (primary N) is 1. The molecular formula is C22H23N5O4S. The van der Waals surface area contributed by atoms with Crippen LogP contribution in [-0.4, -0.2) is 39.2 Å². The first-order valence-electron chi connectivity index (χ1n) is 10.3. The van der Waals surface area contributed by atoms with E-state index in [-0.39, 0.29) is 11.5 Å². The van der Waals surface area contributed by atoms with Crippen molar-refractivity contribution < 1.29 is 19.1 Å². The standard InChI is InChI=1S/C22H23N5O4S/c1-12(2)19-14(10-25-27(19)16-8-3-4-9-24-16)22(30)31-11-17(28)26-21-18(20(23)29)13-6-5-7-15(13)32-21/h3-4,8-10,12H,5-7,11H2,1-2H3,(H2,23,29)(H,26,28). The number of nitrogens with one attached hydrogen (secondary N) is 1. The van der Waals surface area contributed by atoms with Gasteiger partial charge in [-0.15, -0.1) is 11.3 Å². The second-order valence-electron chi connectivity index (χ2n) is 7.75. The molecule has 3 heterocycles. The fourth-order valence-electron chi connectivity index (χ4n) is 3.86. The van der Waals surface area contributed by atoms with E-state index in [9.17, 15) is 14.4 Å². The van der Waals surface area contributed by atoms with Gasteiger partial charge in [-0.05, 0) is 42.9 Å². The summed E-state index contributed by atoms with van der Waals surface area (Å²) in [6.07, 6.45) is 5.66. The lowest BCUT2D eigenvalue weighted by molar-refractivity contribution is -0.119. The Morgan fingerprint density at radius 2 is 2.09 bits per heavy atom. The molecule has 3 aromatic heterocycles. The van der Waals surface area contributed by atoms with E-state index < -0.39 is 24.4 Å². The van der Waals surface area contributed by atoms with Crippen LogP contribution in [0.2, 0.25) is 0 Å². The van der Waals surface area contributed by atoms with E-state index in [2.05, 4.69) is 15.4 Å². The Balaban J connectivity index is 1.46. The minimum Gasteiger partial charge on any atom is -0.452 e. The lowest BCUT2D eigenvalue weighted by Gasteiger charge is -2.12. The van der Waals surface area contributed by atoms with Gasteiger partial charge in [-0.2, -0.15) is 5.10 Å². The summed E-state index contributed by atoms with van der Waals surface area (Å²) in [6.45, 7) is 3.37. The summed E-state index contributed by atoms with van der Waals surface area (Å²) in [5, 5.41) is 7.36. The highest BCUT2D eigenvalue weighted by molar-refractivity contribution is 7.17. The summed E-state index contributed by atoms with van der Waals surface area (Å²) >= 11 is 1.35. The molecule has 166 valence electrons. The van der Waals surface area contributed by atoms with Crippen LogP contribution in [-0.2, 0) is 22.4 Å². The van der Waals surface area contributed by atoms with Crippen molar-refractivity contribution in [1.29, 1.82) is 0 Å². The normalized spacial score (nSPS) is 12.6. The molecule has 2 amide bonds. The van der Waals surface area contributed by atoms with E-state index in [0.29, 0.717) is 22.1 Å². The van der Waals surface area contributed by atoms with Crippen LogP contribution in [0.1, 0.15) is 63.0 Å². The highest BCUT2D eigenvalue weighted by Crippen LogP contribution is 2.38. The van der Waals surface area contributed by atoms with Crippen molar-refractivity contribution in [2.45, 2.75) is 39.0 Å². The van der Waals surface area contributed by atoms with Crippen molar-refractivity contribution >= 4 is 34.1 Å². The van der Waals surface area contributed by atoms with Crippen LogP contribution < -0.4 is 11.1 Å². The van der Waals surface area contributed by atoms with Gasteiger partial charge in [-0.25, -0.2) is 14.5 Å². The van der Waals surface area contributed by atoms with Gasteiger partial charge in [0.2, 0.25) is 0 Å². The maximum absolute atomic E-state index is 12.7. The zero-order valence-electron chi connectivity index (χ0n) is 17.8. The van der Waals surface area contributed by atoms with E-state index in [0.717, 1.165) is 29.7 Å². The van der Waals surface area contributed by atoms with Gasteiger partial charge in [0.1, 0.15) is 10.6 Å². The summed E-state index contributed by atoms with van der Waals surface area (Å²) in [5.41, 5.74) is 7.70. The zero-order chi connectivity index (χ0) is 22.8. The monoisotopic (exact) mass is 453 g/mol. The Hall–Kier alpha value is -3.53. The second-order valence-corrected chi connectivity index (χ2v) is 8.85. The quantitative estimate of drug-likeness (QED) is 0.529. The van der Waals surface area contributed by atoms with E-state index in [1.54, 1.807) is 23.0 Å². The maximum atomic E-state index is 12.7. The first kappa shape index (κ1) is 21.7. The number of carbonyl (C=O) groups is 3. The number of aromatic nitrogens is 3. The smallest absolute Gasteiger partial charge is 0.342 e. The Bertz CT molecular complexity index is 1180. The van der Waals surface area contributed by atoms with Crippen LogP contribution in [0, 0.1) is 0 Å². The highest BCUT2D eigenvalue weighted by atomic mass is 32.1. The molecule has 1 aliphatic carbocycles. The van der Waals surface area contributed by atoms with Gasteiger partial charge in [0.15, 0.2) is 12.4 Å². The molecular weight excluding hydrogens is 430 g/mol. The number of ether oxygens (including phenoxy) is 1. The third-order valence-electron chi connectivity index (χ3n) is 5.19. The minimum atomic E-state index is -0.658. The molecule has 1 aliphatic rings. The summed E-state index contributed by atoms with van der Waals surface area (Å²) in [4.78, 5) is 42.4. The molecule has 0 saturated carbocycles. The van der Waals surface area contributed by atoms with E-state index in [1.807, 2.05) is 19.9 Å². The molecule has 0 bridgehead atoms. The number of esters is 1. The van der Waals surface area contributed by atoms with Crippen molar-refractivity contribution in [2.24, 2.45) is 5.73 Å². The topological polar surface area (TPSA) is 129 Å². The summed E-state index contributed by atoms with van der Waals surface area (Å²) < 4.78 is 6.83. The number of thiophene rings is 1. The number of carbonyl (C=O) groups excluding carboxylic acids is 3. The fraction of sp³-hybridized carbons (Fsp3) is 0.318. The molecule has 9 nitrogen and oxygen atoms in total. The molecule has 10 heteroatoms. The van der Waals surface area contributed by atoms with Gasteiger partial charge in [-0.1, -0.05) is 19.9 Å². The van der Waals surface area contributed by atoms with Crippen molar-refractivity contribution in [2.75, 3.05) is 11.9 Å². The third-order valence-corrected chi connectivity index (χ3v) is 6.40. The minimum absolute atomic E-state index is 0.0393. The summed E-state index contributed by atoms with van der Waals surface area (Å²) in [6, 6.07) is 5.41. The number of amides is 2.